The Labute approximate surface area is 125 Å². The van der Waals surface area contributed by atoms with Crippen molar-refractivity contribution in [1.82, 2.24) is 4.98 Å². The second-order valence-electron chi connectivity index (χ2n) is 5.18. The highest BCUT2D eigenvalue weighted by Gasteiger charge is 2.20. The molecule has 0 aliphatic heterocycles. The van der Waals surface area contributed by atoms with Crippen molar-refractivity contribution in [3.8, 4) is 6.07 Å². The Balaban J connectivity index is 1.85. The number of fused-ring (bicyclic) bond motifs is 1. The summed E-state index contributed by atoms with van der Waals surface area (Å²) in [6.45, 7) is 0. The number of nitrogens with two attached hydrogens (primary N) is 1. The number of nitrogens with one attached hydrogen (secondary N) is 1. The van der Waals surface area contributed by atoms with Crippen LogP contribution in [-0.4, -0.2) is 17.1 Å². The van der Waals surface area contributed by atoms with E-state index in [0.29, 0.717) is 23.4 Å². The minimum absolute atomic E-state index is 0.295. The molecule has 0 amide bonds. The Kier molecular flexibility index (Phi) is 3.64. The van der Waals surface area contributed by atoms with Gasteiger partial charge in [0.1, 0.15) is 11.9 Å². The molecule has 6 heteroatoms. The summed E-state index contributed by atoms with van der Waals surface area (Å²) in [4.78, 5) is 4.37. The Hall–Kier alpha value is -1.58. The average Bonchev–Trinajstić information content (AvgIpc) is 2.88. The normalized spacial score (nSPS) is 22.6. The molecule has 5 nitrogen and oxygen atoms in total. The van der Waals surface area contributed by atoms with Gasteiger partial charge in [0.2, 0.25) is 5.76 Å². The maximum absolute atomic E-state index is 8.88. The third-order valence-electron chi connectivity index (χ3n) is 3.74. The van der Waals surface area contributed by atoms with E-state index in [0.717, 1.165) is 41.4 Å². The van der Waals surface area contributed by atoms with Gasteiger partial charge in [0, 0.05) is 23.5 Å². The molecule has 0 bridgehead atoms. The number of aromatic nitrogens is 1. The maximum Gasteiger partial charge on any atom is 0.204 e. The lowest BCUT2D eigenvalue weighted by Gasteiger charge is -2.27. The van der Waals surface area contributed by atoms with Crippen LogP contribution < -0.4 is 11.1 Å². The van der Waals surface area contributed by atoms with E-state index in [2.05, 4.69) is 26.2 Å². The van der Waals surface area contributed by atoms with Crippen molar-refractivity contribution in [2.75, 3.05) is 5.32 Å². The van der Waals surface area contributed by atoms with Gasteiger partial charge >= 0.3 is 0 Å². The van der Waals surface area contributed by atoms with Crippen LogP contribution in [0.5, 0.6) is 0 Å². The number of nitriles is 1. The molecule has 1 saturated carbocycles. The standard InChI is InChI=1S/C14H15BrN4O/c15-13-11-5-10(6-16)20-12(11)7-18-14(13)19-9-3-1-8(17)2-4-9/h5,7-9H,1-4,17H2,(H,18,19). The first-order valence-electron chi connectivity index (χ1n) is 6.67. The zero-order valence-electron chi connectivity index (χ0n) is 10.9. The van der Waals surface area contributed by atoms with E-state index >= 15 is 0 Å². The first kappa shape index (κ1) is 13.4. The van der Waals surface area contributed by atoms with E-state index in [-0.39, 0.29) is 0 Å². The summed E-state index contributed by atoms with van der Waals surface area (Å²) in [7, 11) is 0. The predicted molar refractivity (Wildman–Crippen MR) is 80.3 cm³/mol. The highest BCUT2D eigenvalue weighted by Crippen LogP contribution is 2.33. The monoisotopic (exact) mass is 334 g/mol. The maximum atomic E-state index is 8.88. The van der Waals surface area contributed by atoms with Crippen molar-refractivity contribution >= 4 is 32.7 Å². The predicted octanol–water partition coefficient (Wildman–Crippen LogP) is 3.14. The Morgan fingerprint density at radius 1 is 1.40 bits per heavy atom. The van der Waals surface area contributed by atoms with Gasteiger partial charge < -0.3 is 15.5 Å². The molecule has 1 fully saturated rings. The van der Waals surface area contributed by atoms with Gasteiger partial charge in [-0.2, -0.15) is 5.26 Å². The molecular weight excluding hydrogens is 320 g/mol. The summed E-state index contributed by atoms with van der Waals surface area (Å²) in [5.41, 5.74) is 6.53. The second-order valence-corrected chi connectivity index (χ2v) is 5.97. The van der Waals surface area contributed by atoms with Gasteiger partial charge in [-0.25, -0.2) is 4.98 Å². The van der Waals surface area contributed by atoms with Gasteiger partial charge in [-0.05, 0) is 41.6 Å². The lowest BCUT2D eigenvalue weighted by Crippen LogP contribution is -2.33. The fourth-order valence-corrected chi connectivity index (χ4v) is 3.12. The molecule has 20 heavy (non-hydrogen) atoms. The molecule has 3 N–H and O–H groups in total. The summed E-state index contributed by atoms with van der Waals surface area (Å²) < 4.78 is 6.20. The molecular formula is C14H15BrN4O. The molecule has 2 aromatic rings. The lowest BCUT2D eigenvalue weighted by molar-refractivity contribution is 0.410. The van der Waals surface area contributed by atoms with Crippen molar-refractivity contribution in [3.63, 3.8) is 0 Å². The first-order valence-corrected chi connectivity index (χ1v) is 7.47. The van der Waals surface area contributed by atoms with E-state index < -0.39 is 0 Å². The van der Waals surface area contributed by atoms with Gasteiger partial charge in [0.05, 0.1) is 10.7 Å². The van der Waals surface area contributed by atoms with Crippen LogP contribution in [0.25, 0.3) is 11.0 Å². The number of anilines is 1. The summed E-state index contributed by atoms with van der Waals surface area (Å²) in [5, 5.41) is 13.2. The van der Waals surface area contributed by atoms with Crippen molar-refractivity contribution in [2.45, 2.75) is 37.8 Å². The van der Waals surface area contributed by atoms with E-state index in [1.165, 1.54) is 0 Å². The second kappa shape index (κ2) is 5.43. The smallest absolute Gasteiger partial charge is 0.204 e. The number of nitrogens with zero attached hydrogens (tertiary/aromatic N) is 2. The van der Waals surface area contributed by atoms with E-state index in [1.54, 1.807) is 12.3 Å². The summed E-state index contributed by atoms with van der Waals surface area (Å²) in [6.07, 6.45) is 5.85. The van der Waals surface area contributed by atoms with Crippen LogP contribution >= 0.6 is 15.9 Å². The van der Waals surface area contributed by atoms with Crippen LogP contribution in [0.4, 0.5) is 5.82 Å². The lowest BCUT2D eigenvalue weighted by atomic mass is 9.92. The molecule has 3 rings (SSSR count). The van der Waals surface area contributed by atoms with Crippen molar-refractivity contribution < 1.29 is 4.42 Å². The molecule has 2 aromatic heterocycles. The molecule has 0 spiro atoms. The number of halogens is 1. The highest BCUT2D eigenvalue weighted by atomic mass is 79.9. The zero-order chi connectivity index (χ0) is 14.1. The minimum Gasteiger partial charge on any atom is -0.444 e. The molecule has 2 heterocycles. The molecule has 1 aliphatic rings. The number of hydrogen-bond donors (Lipinski definition) is 2. The third-order valence-corrected chi connectivity index (χ3v) is 4.54. The number of rotatable bonds is 2. The molecule has 0 unspecified atom stereocenters. The van der Waals surface area contributed by atoms with Crippen LogP contribution in [0.3, 0.4) is 0 Å². The molecule has 1 aliphatic carbocycles. The molecule has 0 radical (unpaired) electrons. The Bertz CT molecular complexity index is 668. The number of furan rings is 1. The van der Waals surface area contributed by atoms with Crippen molar-refractivity contribution in [3.05, 3.63) is 22.5 Å². The number of pyridine rings is 1. The quantitative estimate of drug-likeness (QED) is 0.880. The van der Waals surface area contributed by atoms with Crippen LogP contribution in [0.2, 0.25) is 0 Å². The van der Waals surface area contributed by atoms with Gasteiger partial charge in [-0.15, -0.1) is 0 Å². The van der Waals surface area contributed by atoms with Gasteiger partial charge in [-0.1, -0.05) is 0 Å². The number of hydrogen-bond acceptors (Lipinski definition) is 5. The average molecular weight is 335 g/mol. The topological polar surface area (TPSA) is 87.9 Å². The van der Waals surface area contributed by atoms with E-state index in [1.807, 2.05) is 6.07 Å². The van der Waals surface area contributed by atoms with Gasteiger partial charge in [0.15, 0.2) is 5.58 Å². The largest absolute Gasteiger partial charge is 0.444 e. The minimum atomic E-state index is 0.295. The summed E-state index contributed by atoms with van der Waals surface area (Å²) in [6, 6.07) is 4.46. The SMILES string of the molecule is N#Cc1cc2c(Br)c(NC3CCC(N)CC3)ncc2o1. The Morgan fingerprint density at radius 3 is 2.85 bits per heavy atom. The highest BCUT2D eigenvalue weighted by molar-refractivity contribution is 9.10. The van der Waals surface area contributed by atoms with E-state index in [4.69, 9.17) is 15.4 Å². The summed E-state index contributed by atoms with van der Waals surface area (Å²) >= 11 is 3.54. The van der Waals surface area contributed by atoms with Gasteiger partial charge in [0.25, 0.3) is 0 Å². The molecule has 0 atom stereocenters. The zero-order valence-corrected chi connectivity index (χ0v) is 12.5. The Morgan fingerprint density at radius 2 is 2.15 bits per heavy atom. The fraction of sp³-hybridized carbons (Fsp3) is 0.429. The fourth-order valence-electron chi connectivity index (χ4n) is 2.59. The van der Waals surface area contributed by atoms with Crippen LogP contribution in [-0.2, 0) is 0 Å². The summed E-state index contributed by atoms with van der Waals surface area (Å²) in [5.74, 6) is 1.09. The third kappa shape index (κ3) is 2.51. The van der Waals surface area contributed by atoms with Crippen LogP contribution in [0.1, 0.15) is 31.4 Å². The molecule has 104 valence electrons. The van der Waals surface area contributed by atoms with Crippen molar-refractivity contribution in [2.24, 2.45) is 5.73 Å². The van der Waals surface area contributed by atoms with Crippen LogP contribution in [0, 0.1) is 11.3 Å². The first-order chi connectivity index (χ1) is 9.67. The molecule has 0 aromatic carbocycles. The van der Waals surface area contributed by atoms with Crippen LogP contribution in [0.15, 0.2) is 21.2 Å². The van der Waals surface area contributed by atoms with Crippen molar-refractivity contribution in [1.29, 1.82) is 5.26 Å². The van der Waals surface area contributed by atoms with Gasteiger partial charge in [-0.3, -0.25) is 0 Å². The van der Waals surface area contributed by atoms with E-state index in [9.17, 15) is 0 Å². The molecule has 0 saturated heterocycles.